The van der Waals surface area contributed by atoms with Gasteiger partial charge in [-0.3, -0.25) is 4.79 Å². The molecule has 0 heterocycles. The largest absolute Gasteiger partial charge is 0.372 e. The summed E-state index contributed by atoms with van der Waals surface area (Å²) >= 11 is 0. The van der Waals surface area contributed by atoms with Gasteiger partial charge in [-0.05, 0) is 31.0 Å². The first-order chi connectivity index (χ1) is 7.67. The minimum absolute atomic E-state index is 0.0861. The Balaban J connectivity index is 2.68. The topological polar surface area (TPSA) is 64.3 Å². The fourth-order valence-electron chi connectivity index (χ4n) is 1.31. The van der Waals surface area contributed by atoms with Crippen LogP contribution in [0.3, 0.4) is 0 Å². The smallest absolute Gasteiger partial charge is 0.250 e. The molecular weight excluding hydrogens is 204 g/mol. The lowest BCUT2D eigenvalue weighted by atomic mass is 10.1. The molecule has 0 saturated heterocycles. The van der Waals surface area contributed by atoms with Crippen molar-refractivity contribution in [3.8, 4) is 0 Å². The molecule has 16 heavy (non-hydrogen) atoms. The van der Waals surface area contributed by atoms with Gasteiger partial charge in [0.25, 0.3) is 0 Å². The quantitative estimate of drug-likeness (QED) is 0.792. The van der Waals surface area contributed by atoms with Gasteiger partial charge in [0, 0.05) is 18.8 Å². The molecule has 0 aromatic heterocycles. The summed E-state index contributed by atoms with van der Waals surface area (Å²) in [6.07, 6.45) is 0. The van der Waals surface area contributed by atoms with Gasteiger partial charge in [0.2, 0.25) is 5.91 Å². The molecule has 88 valence electrons. The van der Waals surface area contributed by atoms with E-state index in [9.17, 15) is 4.79 Å². The third-order valence-electron chi connectivity index (χ3n) is 2.25. The molecule has 4 heteroatoms. The lowest BCUT2D eigenvalue weighted by molar-refractivity contribution is -0.120. The Morgan fingerprint density at radius 1 is 1.50 bits per heavy atom. The molecule has 0 bridgehead atoms. The predicted molar refractivity (Wildman–Crippen MR) is 64.2 cm³/mol. The molecule has 0 aliphatic carbocycles. The summed E-state index contributed by atoms with van der Waals surface area (Å²) in [5, 5.41) is 2.80. The van der Waals surface area contributed by atoms with Crippen LogP contribution in [0.1, 0.15) is 18.1 Å². The second kappa shape index (κ2) is 6.25. The number of hydrogen-bond acceptors (Lipinski definition) is 3. The molecule has 0 atom stereocenters. The summed E-state index contributed by atoms with van der Waals surface area (Å²) in [5.74, 6) is -0.140. The van der Waals surface area contributed by atoms with Crippen molar-refractivity contribution in [2.24, 2.45) is 5.73 Å². The number of amides is 1. The highest BCUT2D eigenvalue weighted by molar-refractivity contribution is 5.92. The molecule has 0 aliphatic heterocycles. The van der Waals surface area contributed by atoms with E-state index in [1.807, 2.05) is 32.0 Å². The van der Waals surface area contributed by atoms with E-state index in [0.29, 0.717) is 13.2 Å². The highest BCUT2D eigenvalue weighted by Gasteiger charge is 2.05. The Morgan fingerprint density at radius 2 is 2.25 bits per heavy atom. The van der Waals surface area contributed by atoms with Gasteiger partial charge in [-0.25, -0.2) is 0 Å². The molecule has 1 rings (SSSR count). The van der Waals surface area contributed by atoms with E-state index in [-0.39, 0.29) is 12.5 Å². The minimum atomic E-state index is -0.140. The van der Waals surface area contributed by atoms with E-state index >= 15 is 0 Å². The summed E-state index contributed by atoms with van der Waals surface area (Å²) in [4.78, 5) is 11.5. The zero-order valence-corrected chi connectivity index (χ0v) is 9.75. The number of carbonyl (C=O) groups excluding carboxylic acids is 1. The van der Waals surface area contributed by atoms with Crippen molar-refractivity contribution in [2.45, 2.75) is 20.4 Å². The van der Waals surface area contributed by atoms with E-state index in [2.05, 4.69) is 5.32 Å². The zero-order chi connectivity index (χ0) is 12.0. The van der Waals surface area contributed by atoms with Gasteiger partial charge < -0.3 is 15.8 Å². The number of aryl methyl sites for hydroxylation is 1. The van der Waals surface area contributed by atoms with Gasteiger partial charge in [0.15, 0.2) is 0 Å². The third-order valence-corrected chi connectivity index (χ3v) is 2.25. The second-order valence-electron chi connectivity index (χ2n) is 3.54. The summed E-state index contributed by atoms with van der Waals surface area (Å²) in [6.45, 7) is 4.89. The number of benzene rings is 1. The van der Waals surface area contributed by atoms with Crippen LogP contribution < -0.4 is 11.1 Å². The van der Waals surface area contributed by atoms with E-state index in [0.717, 1.165) is 16.8 Å². The Morgan fingerprint density at radius 3 is 2.88 bits per heavy atom. The number of nitrogens with one attached hydrogen (secondary N) is 1. The first kappa shape index (κ1) is 12.7. The minimum Gasteiger partial charge on any atom is -0.372 e. The zero-order valence-electron chi connectivity index (χ0n) is 9.75. The average molecular weight is 222 g/mol. The average Bonchev–Trinajstić information content (AvgIpc) is 2.29. The summed E-state index contributed by atoms with van der Waals surface area (Å²) in [6, 6.07) is 5.78. The van der Waals surface area contributed by atoms with E-state index in [4.69, 9.17) is 10.5 Å². The van der Waals surface area contributed by atoms with Gasteiger partial charge in [-0.2, -0.15) is 0 Å². The molecule has 0 fully saturated rings. The molecule has 0 saturated carbocycles. The number of ether oxygens (including phenoxy) is 1. The number of hydrogen-bond donors (Lipinski definition) is 2. The van der Waals surface area contributed by atoms with Crippen molar-refractivity contribution in [3.05, 3.63) is 29.3 Å². The van der Waals surface area contributed by atoms with Gasteiger partial charge in [-0.15, -0.1) is 0 Å². The molecule has 0 radical (unpaired) electrons. The number of nitrogens with two attached hydrogens (primary N) is 1. The van der Waals surface area contributed by atoms with E-state index in [1.54, 1.807) is 0 Å². The maximum absolute atomic E-state index is 11.5. The van der Waals surface area contributed by atoms with Gasteiger partial charge in [0.05, 0.1) is 0 Å². The monoisotopic (exact) mass is 222 g/mol. The maximum Gasteiger partial charge on any atom is 0.250 e. The van der Waals surface area contributed by atoms with Crippen LogP contribution >= 0.6 is 0 Å². The highest BCUT2D eigenvalue weighted by atomic mass is 16.5. The molecular formula is C12H18N2O2. The number of anilines is 1. The number of carbonyl (C=O) groups is 1. The van der Waals surface area contributed by atoms with Crippen LogP contribution in [0.2, 0.25) is 0 Å². The molecule has 1 aromatic rings. The van der Waals surface area contributed by atoms with E-state index in [1.165, 1.54) is 0 Å². The van der Waals surface area contributed by atoms with Crippen LogP contribution in [0, 0.1) is 6.92 Å². The Bertz CT molecular complexity index is 364. The van der Waals surface area contributed by atoms with Crippen molar-refractivity contribution < 1.29 is 9.53 Å². The van der Waals surface area contributed by atoms with E-state index < -0.39 is 0 Å². The Hall–Kier alpha value is -1.39. The lowest BCUT2D eigenvalue weighted by Gasteiger charge is -2.09. The SMILES string of the molecule is CCOCC(=O)Nc1cc(CN)ccc1C. The van der Waals surface area contributed by atoms with Crippen LogP contribution in [0.25, 0.3) is 0 Å². The fourth-order valence-corrected chi connectivity index (χ4v) is 1.31. The molecule has 4 nitrogen and oxygen atoms in total. The standard InChI is InChI=1S/C12H18N2O2/c1-3-16-8-12(15)14-11-6-10(7-13)5-4-9(11)2/h4-6H,3,7-8,13H2,1-2H3,(H,14,15). The first-order valence-corrected chi connectivity index (χ1v) is 5.34. The van der Waals surface area contributed by atoms with Crippen LogP contribution in [0.15, 0.2) is 18.2 Å². The van der Waals surface area contributed by atoms with Crippen molar-refractivity contribution >= 4 is 11.6 Å². The predicted octanol–water partition coefficient (Wildman–Crippen LogP) is 1.43. The summed E-state index contributed by atoms with van der Waals surface area (Å²) in [7, 11) is 0. The Kier molecular flexibility index (Phi) is 4.95. The number of rotatable bonds is 5. The van der Waals surface area contributed by atoms with Crippen LogP contribution in [0.5, 0.6) is 0 Å². The molecule has 0 unspecified atom stereocenters. The normalized spacial score (nSPS) is 10.2. The highest BCUT2D eigenvalue weighted by Crippen LogP contribution is 2.16. The van der Waals surface area contributed by atoms with Crippen LogP contribution in [0.4, 0.5) is 5.69 Å². The van der Waals surface area contributed by atoms with Crippen LogP contribution in [-0.4, -0.2) is 19.1 Å². The molecule has 0 spiro atoms. The van der Waals surface area contributed by atoms with Gasteiger partial charge in [-0.1, -0.05) is 12.1 Å². The van der Waals surface area contributed by atoms with Crippen molar-refractivity contribution in [1.29, 1.82) is 0 Å². The third kappa shape index (κ3) is 3.64. The fraction of sp³-hybridized carbons (Fsp3) is 0.417. The van der Waals surface area contributed by atoms with Gasteiger partial charge >= 0.3 is 0 Å². The van der Waals surface area contributed by atoms with Crippen molar-refractivity contribution in [3.63, 3.8) is 0 Å². The lowest BCUT2D eigenvalue weighted by Crippen LogP contribution is -2.19. The summed E-state index contributed by atoms with van der Waals surface area (Å²) < 4.78 is 5.03. The molecule has 0 aliphatic rings. The summed E-state index contributed by atoms with van der Waals surface area (Å²) in [5.41, 5.74) is 8.35. The maximum atomic E-state index is 11.5. The van der Waals surface area contributed by atoms with Crippen LogP contribution in [-0.2, 0) is 16.1 Å². The first-order valence-electron chi connectivity index (χ1n) is 5.34. The molecule has 3 N–H and O–H groups in total. The molecule has 1 aromatic carbocycles. The second-order valence-corrected chi connectivity index (χ2v) is 3.54. The molecule has 1 amide bonds. The van der Waals surface area contributed by atoms with Crippen molar-refractivity contribution in [2.75, 3.05) is 18.5 Å². The van der Waals surface area contributed by atoms with Crippen molar-refractivity contribution in [1.82, 2.24) is 0 Å². The van der Waals surface area contributed by atoms with Gasteiger partial charge in [0.1, 0.15) is 6.61 Å². The Labute approximate surface area is 95.8 Å².